The fourth-order valence-electron chi connectivity index (χ4n) is 1.84. The van der Waals surface area contributed by atoms with Crippen LogP contribution in [0.15, 0.2) is 30.5 Å². The Morgan fingerprint density at radius 3 is 2.44 bits per heavy atom. The van der Waals surface area contributed by atoms with E-state index in [0.717, 1.165) is 12.1 Å². The first-order valence-corrected chi connectivity index (χ1v) is 7.48. The van der Waals surface area contributed by atoms with Crippen LogP contribution < -0.4 is 20.1 Å². The molecule has 0 aliphatic rings. The fraction of sp³-hybridized carbons (Fsp3) is 0.267. The summed E-state index contributed by atoms with van der Waals surface area (Å²) in [5, 5.41) is 4.79. The van der Waals surface area contributed by atoms with Crippen molar-refractivity contribution >= 4 is 23.7 Å². The van der Waals surface area contributed by atoms with Gasteiger partial charge in [-0.05, 0) is 31.2 Å². The number of imidazole rings is 1. The lowest BCUT2D eigenvalue weighted by molar-refractivity contribution is -0.274. The van der Waals surface area contributed by atoms with Crippen LogP contribution in [0.4, 0.5) is 34.3 Å². The van der Waals surface area contributed by atoms with E-state index in [1.165, 1.54) is 29.9 Å². The Morgan fingerprint density at radius 2 is 1.85 bits per heavy atom. The van der Waals surface area contributed by atoms with E-state index >= 15 is 0 Å². The monoisotopic (exact) mass is 388 g/mol. The number of rotatable bonds is 5. The number of carbonyl (C=O) groups excluding carboxylic acids is 2. The van der Waals surface area contributed by atoms with Crippen molar-refractivity contribution in [2.45, 2.75) is 13.3 Å². The van der Waals surface area contributed by atoms with Crippen molar-refractivity contribution in [1.29, 1.82) is 0 Å². The number of nitrogens with zero attached hydrogens (tertiary/aromatic N) is 2. The Labute approximate surface area is 151 Å². The quantitative estimate of drug-likeness (QED) is 0.760. The van der Waals surface area contributed by atoms with E-state index in [0.29, 0.717) is 0 Å². The molecule has 2 N–H and O–H groups in total. The molecule has 0 unspecified atom stereocenters. The molecule has 9 nitrogen and oxygen atoms in total. The number of halogens is 3. The summed E-state index contributed by atoms with van der Waals surface area (Å²) in [5.74, 6) is -0.342. The number of aromatic nitrogens is 2. The molecule has 2 amide bonds. The van der Waals surface area contributed by atoms with Crippen molar-refractivity contribution < 1.29 is 37.0 Å². The SMILES string of the molecule is CCOC(=O)Oc1nc(NC(=O)Nc2ccc(OC(F)(F)F)cc2)cn1C. The lowest BCUT2D eigenvalue weighted by Crippen LogP contribution is -2.20. The molecule has 2 aromatic rings. The highest BCUT2D eigenvalue weighted by atomic mass is 19.4. The van der Waals surface area contributed by atoms with Crippen molar-refractivity contribution in [2.75, 3.05) is 17.2 Å². The minimum atomic E-state index is -4.80. The number of urea groups is 1. The smallest absolute Gasteiger partial charge is 0.434 e. The summed E-state index contributed by atoms with van der Waals surface area (Å²) in [6.45, 7) is 1.74. The maximum atomic E-state index is 12.1. The Balaban J connectivity index is 1.93. The highest BCUT2D eigenvalue weighted by Gasteiger charge is 2.30. The van der Waals surface area contributed by atoms with Crippen LogP contribution >= 0.6 is 0 Å². The third-order valence-electron chi connectivity index (χ3n) is 2.86. The molecule has 27 heavy (non-hydrogen) atoms. The molecule has 0 spiro atoms. The Morgan fingerprint density at radius 1 is 1.19 bits per heavy atom. The average Bonchev–Trinajstić information content (AvgIpc) is 2.87. The van der Waals surface area contributed by atoms with E-state index in [1.807, 2.05) is 0 Å². The third kappa shape index (κ3) is 6.41. The number of hydrogen-bond acceptors (Lipinski definition) is 6. The molecule has 0 fully saturated rings. The van der Waals surface area contributed by atoms with E-state index in [9.17, 15) is 22.8 Å². The van der Waals surface area contributed by atoms with Crippen LogP contribution in [0.25, 0.3) is 0 Å². The van der Waals surface area contributed by atoms with Gasteiger partial charge in [-0.2, -0.15) is 4.98 Å². The van der Waals surface area contributed by atoms with Gasteiger partial charge < -0.3 is 24.1 Å². The molecule has 0 saturated heterocycles. The second kappa shape index (κ2) is 8.29. The predicted molar refractivity (Wildman–Crippen MR) is 86.6 cm³/mol. The van der Waals surface area contributed by atoms with Gasteiger partial charge in [0.15, 0.2) is 5.82 Å². The molecule has 0 radical (unpaired) electrons. The number of alkyl halides is 3. The summed E-state index contributed by atoms with van der Waals surface area (Å²) in [6.07, 6.45) is -4.35. The van der Waals surface area contributed by atoms with Gasteiger partial charge in [0.05, 0.1) is 12.8 Å². The number of carbonyl (C=O) groups is 2. The van der Waals surface area contributed by atoms with Crippen LogP contribution in [0.2, 0.25) is 0 Å². The third-order valence-corrected chi connectivity index (χ3v) is 2.86. The molecule has 0 saturated carbocycles. The first-order chi connectivity index (χ1) is 12.7. The summed E-state index contributed by atoms with van der Waals surface area (Å²) >= 11 is 0. The summed E-state index contributed by atoms with van der Waals surface area (Å²) < 4.78 is 50.8. The van der Waals surface area contributed by atoms with Gasteiger partial charge in [0.1, 0.15) is 5.75 Å². The lowest BCUT2D eigenvalue weighted by atomic mass is 10.3. The number of nitrogens with one attached hydrogen (secondary N) is 2. The molecular formula is C15H15F3N4O5. The zero-order chi connectivity index (χ0) is 20.0. The fourth-order valence-corrected chi connectivity index (χ4v) is 1.84. The zero-order valence-electron chi connectivity index (χ0n) is 14.2. The van der Waals surface area contributed by atoms with Gasteiger partial charge in [-0.15, -0.1) is 13.2 Å². The van der Waals surface area contributed by atoms with Crippen molar-refractivity contribution in [3.05, 3.63) is 30.5 Å². The van der Waals surface area contributed by atoms with Gasteiger partial charge in [-0.1, -0.05) is 0 Å². The van der Waals surface area contributed by atoms with E-state index < -0.39 is 24.3 Å². The second-order valence-electron chi connectivity index (χ2n) is 4.96. The Kier molecular flexibility index (Phi) is 6.11. The zero-order valence-corrected chi connectivity index (χ0v) is 14.2. The van der Waals surface area contributed by atoms with Crippen molar-refractivity contribution in [1.82, 2.24) is 9.55 Å². The summed E-state index contributed by atoms with van der Waals surface area (Å²) in [6, 6.07) is 3.75. The van der Waals surface area contributed by atoms with Gasteiger partial charge in [-0.25, -0.2) is 9.59 Å². The Hall–Kier alpha value is -3.44. The van der Waals surface area contributed by atoms with E-state index in [4.69, 9.17) is 4.74 Å². The molecule has 0 aliphatic heterocycles. The number of hydrogen-bond donors (Lipinski definition) is 2. The predicted octanol–water partition coefficient (Wildman–Crippen LogP) is 3.50. The van der Waals surface area contributed by atoms with Gasteiger partial charge >= 0.3 is 24.6 Å². The van der Waals surface area contributed by atoms with Crippen LogP contribution in [0.3, 0.4) is 0 Å². The van der Waals surface area contributed by atoms with Crippen molar-refractivity contribution in [3.8, 4) is 11.8 Å². The van der Waals surface area contributed by atoms with E-state index in [-0.39, 0.29) is 24.1 Å². The van der Waals surface area contributed by atoms with Crippen LogP contribution in [0.1, 0.15) is 6.92 Å². The largest absolute Gasteiger partial charge is 0.573 e. The van der Waals surface area contributed by atoms with Gasteiger partial charge in [0.25, 0.3) is 0 Å². The minimum absolute atomic E-state index is 0.0753. The number of benzene rings is 1. The van der Waals surface area contributed by atoms with E-state index in [2.05, 4.69) is 25.1 Å². The topological polar surface area (TPSA) is 104 Å². The first-order valence-electron chi connectivity index (χ1n) is 7.48. The van der Waals surface area contributed by atoms with Crippen LogP contribution in [0.5, 0.6) is 11.8 Å². The van der Waals surface area contributed by atoms with Crippen molar-refractivity contribution in [3.63, 3.8) is 0 Å². The van der Waals surface area contributed by atoms with Crippen LogP contribution in [0, 0.1) is 0 Å². The highest BCUT2D eigenvalue weighted by Crippen LogP contribution is 2.24. The lowest BCUT2D eigenvalue weighted by Gasteiger charge is -2.10. The van der Waals surface area contributed by atoms with Crippen LogP contribution in [-0.4, -0.2) is 34.7 Å². The molecule has 1 heterocycles. The minimum Gasteiger partial charge on any atom is -0.434 e. The summed E-state index contributed by atoms with van der Waals surface area (Å²) in [7, 11) is 1.53. The molecule has 2 rings (SSSR count). The maximum Gasteiger partial charge on any atom is 0.573 e. The average molecular weight is 388 g/mol. The molecule has 1 aromatic heterocycles. The number of anilines is 2. The summed E-state index contributed by atoms with van der Waals surface area (Å²) in [4.78, 5) is 27.1. The van der Waals surface area contributed by atoms with Crippen molar-refractivity contribution in [2.24, 2.45) is 7.05 Å². The molecule has 146 valence electrons. The maximum absolute atomic E-state index is 12.1. The standard InChI is InChI=1S/C15H15F3N4O5/c1-3-25-14(24)26-13-21-11(8-22(13)2)20-12(23)19-9-4-6-10(7-5-9)27-15(16,17)18/h4-8H,3H2,1-2H3,(H2,19,20,23). The van der Waals surface area contributed by atoms with Gasteiger partial charge in [0.2, 0.25) is 0 Å². The number of amides is 2. The highest BCUT2D eigenvalue weighted by molar-refractivity contribution is 5.99. The first kappa shape index (κ1) is 19.9. The Bertz CT molecular complexity index is 805. The summed E-state index contributed by atoms with van der Waals surface area (Å²) in [5.41, 5.74) is 0.223. The second-order valence-corrected chi connectivity index (χ2v) is 4.96. The molecule has 0 bridgehead atoms. The van der Waals surface area contributed by atoms with Crippen LogP contribution in [-0.2, 0) is 11.8 Å². The van der Waals surface area contributed by atoms with E-state index in [1.54, 1.807) is 6.92 Å². The number of aryl methyl sites for hydroxylation is 1. The number of ether oxygens (including phenoxy) is 3. The van der Waals surface area contributed by atoms with Gasteiger partial charge in [-0.3, -0.25) is 5.32 Å². The molecule has 0 atom stereocenters. The van der Waals surface area contributed by atoms with Gasteiger partial charge in [0, 0.05) is 12.7 Å². The normalized spacial score (nSPS) is 10.9. The molecular weight excluding hydrogens is 373 g/mol. The molecule has 1 aromatic carbocycles. The molecule has 0 aliphatic carbocycles. The molecule has 12 heteroatoms.